The Kier molecular flexibility index (Phi) is 10.9. The van der Waals surface area contributed by atoms with Crippen molar-refractivity contribution in [2.75, 3.05) is 19.6 Å². The van der Waals surface area contributed by atoms with Gasteiger partial charge in [0, 0.05) is 25.6 Å². The number of hydrogen-bond donors (Lipinski definition) is 3. The van der Waals surface area contributed by atoms with Crippen LogP contribution in [0.15, 0.2) is 18.2 Å². The lowest BCUT2D eigenvalue weighted by molar-refractivity contribution is -0.121. The van der Waals surface area contributed by atoms with E-state index in [1.165, 1.54) is 0 Å². The minimum atomic E-state index is -0.907. The predicted molar refractivity (Wildman–Crippen MR) is 86.5 cm³/mol. The zero-order chi connectivity index (χ0) is 16.4. The first-order chi connectivity index (χ1) is 10.5. The molecule has 0 fully saturated rings. The Morgan fingerprint density at radius 3 is 2.39 bits per heavy atom. The SMILES string of the molecule is Cl.NCCCCNC(=O)CCCNC(=O)c1ccc(F)cc1F. The molecule has 130 valence electrons. The monoisotopic (exact) mass is 349 g/mol. The Bertz CT molecular complexity index is 515. The van der Waals surface area contributed by atoms with Crippen molar-refractivity contribution in [2.45, 2.75) is 25.7 Å². The van der Waals surface area contributed by atoms with Gasteiger partial charge >= 0.3 is 0 Å². The number of halogens is 3. The van der Waals surface area contributed by atoms with Crippen molar-refractivity contribution in [3.8, 4) is 0 Å². The first-order valence-corrected chi connectivity index (χ1v) is 7.24. The van der Waals surface area contributed by atoms with Gasteiger partial charge in [0.1, 0.15) is 11.6 Å². The van der Waals surface area contributed by atoms with E-state index in [4.69, 9.17) is 5.73 Å². The van der Waals surface area contributed by atoms with E-state index in [-0.39, 0.29) is 36.8 Å². The summed E-state index contributed by atoms with van der Waals surface area (Å²) in [6, 6.07) is 2.76. The van der Waals surface area contributed by atoms with E-state index in [9.17, 15) is 18.4 Å². The van der Waals surface area contributed by atoms with Crippen LogP contribution in [0.1, 0.15) is 36.0 Å². The largest absolute Gasteiger partial charge is 0.356 e. The molecule has 0 radical (unpaired) electrons. The maximum atomic E-state index is 13.4. The molecule has 0 aliphatic rings. The Labute approximate surface area is 140 Å². The van der Waals surface area contributed by atoms with Crippen molar-refractivity contribution in [3.05, 3.63) is 35.4 Å². The van der Waals surface area contributed by atoms with Crippen LogP contribution in [-0.2, 0) is 4.79 Å². The Balaban J connectivity index is 0.00000484. The van der Waals surface area contributed by atoms with E-state index in [2.05, 4.69) is 10.6 Å². The van der Waals surface area contributed by atoms with Crippen LogP contribution in [-0.4, -0.2) is 31.4 Å². The zero-order valence-corrected chi connectivity index (χ0v) is 13.6. The molecule has 0 bridgehead atoms. The van der Waals surface area contributed by atoms with E-state index in [1.54, 1.807) is 0 Å². The third kappa shape index (κ3) is 8.47. The van der Waals surface area contributed by atoms with Gasteiger partial charge < -0.3 is 16.4 Å². The van der Waals surface area contributed by atoms with E-state index >= 15 is 0 Å². The number of benzene rings is 1. The summed E-state index contributed by atoms with van der Waals surface area (Å²) in [7, 11) is 0. The average Bonchev–Trinajstić information content (AvgIpc) is 2.48. The number of unbranched alkanes of at least 4 members (excludes halogenated alkanes) is 1. The summed E-state index contributed by atoms with van der Waals surface area (Å²) in [5.74, 6) is -2.37. The quantitative estimate of drug-likeness (QED) is 0.594. The molecule has 0 atom stereocenters. The fraction of sp³-hybridized carbons (Fsp3) is 0.467. The van der Waals surface area contributed by atoms with Crippen molar-refractivity contribution < 1.29 is 18.4 Å². The smallest absolute Gasteiger partial charge is 0.254 e. The molecule has 23 heavy (non-hydrogen) atoms. The summed E-state index contributed by atoms with van der Waals surface area (Å²) in [5, 5.41) is 5.24. The van der Waals surface area contributed by atoms with Crippen LogP contribution in [0.2, 0.25) is 0 Å². The van der Waals surface area contributed by atoms with Crippen LogP contribution in [0.5, 0.6) is 0 Å². The third-order valence-corrected chi connectivity index (χ3v) is 2.99. The lowest BCUT2D eigenvalue weighted by Crippen LogP contribution is -2.28. The van der Waals surface area contributed by atoms with Gasteiger partial charge in [0.05, 0.1) is 5.56 Å². The number of nitrogens with one attached hydrogen (secondary N) is 2. The first-order valence-electron chi connectivity index (χ1n) is 7.24. The highest BCUT2D eigenvalue weighted by Gasteiger charge is 2.11. The second-order valence-electron chi connectivity index (χ2n) is 4.83. The number of rotatable bonds is 9. The number of carbonyl (C=O) groups is 2. The average molecular weight is 350 g/mol. The summed E-state index contributed by atoms with van der Waals surface area (Å²) in [5.41, 5.74) is 5.12. The molecule has 8 heteroatoms. The molecule has 0 aromatic heterocycles. The summed E-state index contributed by atoms with van der Waals surface area (Å²) in [6.07, 6.45) is 2.41. The van der Waals surface area contributed by atoms with Crippen LogP contribution >= 0.6 is 12.4 Å². The highest BCUT2D eigenvalue weighted by molar-refractivity contribution is 5.94. The van der Waals surface area contributed by atoms with Gasteiger partial charge in [-0.2, -0.15) is 0 Å². The predicted octanol–water partition coefficient (Wildman–Crippen LogP) is 1.75. The summed E-state index contributed by atoms with van der Waals surface area (Å²) >= 11 is 0. The van der Waals surface area contributed by atoms with Gasteiger partial charge in [-0.1, -0.05) is 0 Å². The minimum Gasteiger partial charge on any atom is -0.356 e. The lowest BCUT2D eigenvalue weighted by Gasteiger charge is -2.07. The number of hydrogen-bond acceptors (Lipinski definition) is 3. The second-order valence-corrected chi connectivity index (χ2v) is 4.83. The van der Waals surface area contributed by atoms with Gasteiger partial charge in [-0.25, -0.2) is 8.78 Å². The molecule has 0 aliphatic heterocycles. The highest BCUT2D eigenvalue weighted by atomic mass is 35.5. The molecule has 4 N–H and O–H groups in total. The Morgan fingerprint density at radius 2 is 1.74 bits per heavy atom. The van der Waals surface area contributed by atoms with Gasteiger partial charge in [-0.3, -0.25) is 9.59 Å². The molecule has 0 spiro atoms. The second kappa shape index (κ2) is 11.8. The number of carbonyl (C=O) groups excluding carboxylic acids is 2. The van der Waals surface area contributed by atoms with Crippen LogP contribution in [0.25, 0.3) is 0 Å². The molecule has 0 saturated heterocycles. The molecular formula is C15H22ClF2N3O2. The third-order valence-electron chi connectivity index (χ3n) is 2.99. The van der Waals surface area contributed by atoms with Crippen LogP contribution in [0, 0.1) is 11.6 Å². The van der Waals surface area contributed by atoms with Crippen molar-refractivity contribution in [1.29, 1.82) is 0 Å². The van der Waals surface area contributed by atoms with Crippen molar-refractivity contribution in [1.82, 2.24) is 10.6 Å². The van der Waals surface area contributed by atoms with Gasteiger partial charge in [-0.15, -0.1) is 12.4 Å². The Hall–Kier alpha value is -1.73. The van der Waals surface area contributed by atoms with Gasteiger partial charge in [0.2, 0.25) is 5.91 Å². The lowest BCUT2D eigenvalue weighted by atomic mass is 10.2. The maximum Gasteiger partial charge on any atom is 0.254 e. The molecule has 2 amide bonds. The van der Waals surface area contributed by atoms with E-state index < -0.39 is 17.5 Å². The Morgan fingerprint density at radius 1 is 1.04 bits per heavy atom. The van der Waals surface area contributed by atoms with Crippen molar-refractivity contribution in [3.63, 3.8) is 0 Å². The number of nitrogens with two attached hydrogens (primary N) is 1. The standard InChI is InChI=1S/C15H21F2N3O2.ClH/c16-11-5-6-12(13(17)10-11)15(22)20-9-3-4-14(21)19-8-2-1-7-18;/h5-6,10H,1-4,7-9,18H2,(H,19,21)(H,20,22);1H. The summed E-state index contributed by atoms with van der Waals surface area (Å²) in [4.78, 5) is 23.1. The van der Waals surface area contributed by atoms with Crippen molar-refractivity contribution >= 4 is 24.2 Å². The number of amides is 2. The molecule has 1 aromatic carbocycles. The minimum absolute atomic E-state index is 0. The fourth-order valence-corrected chi connectivity index (χ4v) is 1.81. The van der Waals surface area contributed by atoms with Gasteiger partial charge in [0.25, 0.3) is 5.91 Å². The van der Waals surface area contributed by atoms with Gasteiger partial charge in [0.15, 0.2) is 0 Å². The summed E-state index contributed by atoms with van der Waals surface area (Å²) in [6.45, 7) is 1.43. The van der Waals surface area contributed by atoms with E-state index in [1.807, 2.05) is 0 Å². The molecule has 1 rings (SSSR count). The molecule has 5 nitrogen and oxygen atoms in total. The van der Waals surface area contributed by atoms with Crippen LogP contribution < -0.4 is 16.4 Å². The van der Waals surface area contributed by atoms with E-state index in [0.717, 1.165) is 25.0 Å². The van der Waals surface area contributed by atoms with Crippen molar-refractivity contribution in [2.24, 2.45) is 5.73 Å². The molecule has 0 unspecified atom stereocenters. The van der Waals surface area contributed by atoms with E-state index in [0.29, 0.717) is 25.6 Å². The van der Waals surface area contributed by atoms with Crippen LogP contribution in [0.4, 0.5) is 8.78 Å². The topological polar surface area (TPSA) is 84.2 Å². The highest BCUT2D eigenvalue weighted by Crippen LogP contribution is 2.09. The molecule has 0 aliphatic carbocycles. The zero-order valence-electron chi connectivity index (χ0n) is 12.7. The summed E-state index contributed by atoms with van der Waals surface area (Å²) < 4.78 is 26.1. The normalized spacial score (nSPS) is 9.87. The molecule has 0 heterocycles. The molecular weight excluding hydrogens is 328 g/mol. The molecule has 0 saturated carbocycles. The molecule has 1 aromatic rings. The fourth-order valence-electron chi connectivity index (χ4n) is 1.81. The van der Waals surface area contributed by atoms with Gasteiger partial charge in [-0.05, 0) is 37.9 Å². The van der Waals surface area contributed by atoms with Crippen LogP contribution in [0.3, 0.4) is 0 Å². The maximum absolute atomic E-state index is 13.4. The first kappa shape index (κ1) is 21.3.